The summed E-state index contributed by atoms with van der Waals surface area (Å²) in [6.45, 7) is 6.14. The van der Waals surface area contributed by atoms with E-state index >= 15 is 0 Å². The highest BCUT2D eigenvalue weighted by molar-refractivity contribution is 6.08. The second-order valence-electron chi connectivity index (χ2n) is 5.27. The normalized spacial score (nSPS) is 16.6. The SMILES string of the molecule is CCCN1C(=O)C(C)(C)c2cc(N)c([N+](=O)[O-])cc21. The lowest BCUT2D eigenvalue weighted by molar-refractivity contribution is -0.383. The van der Waals surface area contributed by atoms with Gasteiger partial charge in [0.05, 0.1) is 16.0 Å². The number of benzene rings is 1. The molecule has 0 saturated carbocycles. The number of nitro groups is 1. The summed E-state index contributed by atoms with van der Waals surface area (Å²) in [5, 5.41) is 11.0. The van der Waals surface area contributed by atoms with Crippen molar-refractivity contribution in [2.75, 3.05) is 17.2 Å². The number of anilines is 2. The van der Waals surface area contributed by atoms with Gasteiger partial charge in [-0.3, -0.25) is 14.9 Å². The van der Waals surface area contributed by atoms with Gasteiger partial charge in [-0.15, -0.1) is 0 Å². The van der Waals surface area contributed by atoms with E-state index in [1.54, 1.807) is 11.0 Å². The average Bonchev–Trinajstić information content (AvgIpc) is 2.50. The van der Waals surface area contributed by atoms with Crippen molar-refractivity contribution < 1.29 is 9.72 Å². The zero-order valence-corrected chi connectivity index (χ0v) is 11.3. The van der Waals surface area contributed by atoms with Crippen LogP contribution in [0.25, 0.3) is 0 Å². The topological polar surface area (TPSA) is 89.5 Å². The summed E-state index contributed by atoms with van der Waals surface area (Å²) in [6.07, 6.45) is 0.791. The summed E-state index contributed by atoms with van der Waals surface area (Å²) >= 11 is 0. The van der Waals surface area contributed by atoms with Gasteiger partial charge in [0, 0.05) is 12.6 Å². The molecule has 1 aliphatic rings. The van der Waals surface area contributed by atoms with E-state index in [1.807, 2.05) is 20.8 Å². The third-order valence-corrected chi connectivity index (χ3v) is 3.53. The van der Waals surface area contributed by atoms with Crippen molar-refractivity contribution in [3.05, 3.63) is 27.8 Å². The lowest BCUT2D eigenvalue weighted by atomic mass is 9.86. The molecule has 0 saturated heterocycles. The molecule has 0 unspecified atom stereocenters. The van der Waals surface area contributed by atoms with E-state index in [2.05, 4.69) is 0 Å². The number of nitrogens with zero attached hydrogens (tertiary/aromatic N) is 2. The van der Waals surface area contributed by atoms with E-state index < -0.39 is 10.3 Å². The highest BCUT2D eigenvalue weighted by atomic mass is 16.6. The summed E-state index contributed by atoms with van der Waals surface area (Å²) < 4.78 is 0. The van der Waals surface area contributed by atoms with Crippen LogP contribution >= 0.6 is 0 Å². The molecule has 1 aliphatic heterocycles. The molecule has 2 N–H and O–H groups in total. The lowest BCUT2D eigenvalue weighted by Gasteiger charge is -2.19. The largest absolute Gasteiger partial charge is 0.393 e. The van der Waals surface area contributed by atoms with Gasteiger partial charge in [0.2, 0.25) is 5.91 Å². The Morgan fingerprint density at radius 2 is 2.05 bits per heavy atom. The smallest absolute Gasteiger partial charge is 0.294 e. The minimum atomic E-state index is -0.687. The van der Waals surface area contributed by atoms with Gasteiger partial charge in [-0.1, -0.05) is 6.92 Å². The van der Waals surface area contributed by atoms with E-state index in [-0.39, 0.29) is 17.3 Å². The molecule has 0 aromatic heterocycles. The molecule has 1 aromatic carbocycles. The van der Waals surface area contributed by atoms with E-state index in [0.29, 0.717) is 12.2 Å². The molecule has 6 nitrogen and oxygen atoms in total. The first-order chi connectivity index (χ1) is 8.80. The molecule has 0 bridgehead atoms. The molecule has 6 heteroatoms. The molecule has 2 rings (SSSR count). The number of nitro benzene ring substituents is 1. The molecule has 0 atom stereocenters. The highest BCUT2D eigenvalue weighted by Gasteiger charge is 2.44. The zero-order chi connectivity index (χ0) is 14.4. The van der Waals surface area contributed by atoms with Gasteiger partial charge in [-0.05, 0) is 31.9 Å². The maximum absolute atomic E-state index is 12.4. The van der Waals surface area contributed by atoms with Crippen LogP contribution in [0.2, 0.25) is 0 Å². The van der Waals surface area contributed by atoms with Gasteiger partial charge >= 0.3 is 0 Å². The van der Waals surface area contributed by atoms with Gasteiger partial charge in [-0.2, -0.15) is 0 Å². The molecule has 1 amide bonds. The van der Waals surface area contributed by atoms with Crippen LogP contribution in [0, 0.1) is 10.1 Å². The van der Waals surface area contributed by atoms with E-state index in [0.717, 1.165) is 12.0 Å². The summed E-state index contributed by atoms with van der Waals surface area (Å²) in [7, 11) is 0. The van der Waals surface area contributed by atoms with Crippen molar-refractivity contribution in [3.8, 4) is 0 Å². The Labute approximate surface area is 111 Å². The Hall–Kier alpha value is -2.11. The van der Waals surface area contributed by atoms with E-state index in [1.165, 1.54) is 6.07 Å². The van der Waals surface area contributed by atoms with Crippen LogP contribution < -0.4 is 10.6 Å². The molecule has 0 aliphatic carbocycles. The first kappa shape index (κ1) is 13.3. The van der Waals surface area contributed by atoms with Crippen molar-refractivity contribution in [2.24, 2.45) is 0 Å². The summed E-state index contributed by atoms with van der Waals surface area (Å²) in [5.41, 5.74) is 6.34. The Kier molecular flexibility index (Phi) is 2.96. The van der Waals surface area contributed by atoms with Gasteiger partial charge in [0.1, 0.15) is 5.69 Å². The first-order valence-corrected chi connectivity index (χ1v) is 6.21. The second kappa shape index (κ2) is 4.22. The number of carbonyl (C=O) groups excluding carboxylic acids is 1. The number of carbonyl (C=O) groups is 1. The minimum absolute atomic E-state index is 0.0377. The molecule has 102 valence electrons. The Morgan fingerprint density at radius 3 is 2.58 bits per heavy atom. The predicted molar refractivity (Wildman–Crippen MR) is 73.2 cm³/mol. The minimum Gasteiger partial charge on any atom is -0.393 e. The van der Waals surface area contributed by atoms with Crippen LogP contribution in [-0.4, -0.2) is 17.4 Å². The standard InChI is InChI=1S/C13H17N3O3/c1-4-5-15-10-7-11(16(18)19)9(14)6-8(10)13(2,3)12(15)17/h6-7H,4-5,14H2,1-3H3. The fourth-order valence-corrected chi connectivity index (χ4v) is 2.48. The van der Waals surface area contributed by atoms with Crippen molar-refractivity contribution in [1.82, 2.24) is 0 Å². The van der Waals surface area contributed by atoms with Crippen LogP contribution in [0.4, 0.5) is 17.1 Å². The monoisotopic (exact) mass is 263 g/mol. The fourth-order valence-electron chi connectivity index (χ4n) is 2.48. The third kappa shape index (κ3) is 1.83. The van der Waals surface area contributed by atoms with Crippen molar-refractivity contribution in [2.45, 2.75) is 32.6 Å². The highest BCUT2D eigenvalue weighted by Crippen LogP contribution is 2.45. The maximum Gasteiger partial charge on any atom is 0.294 e. The Balaban J connectivity index is 2.66. The molecular weight excluding hydrogens is 246 g/mol. The van der Waals surface area contributed by atoms with Gasteiger partial charge in [0.15, 0.2) is 0 Å². The molecule has 1 heterocycles. The molecule has 19 heavy (non-hydrogen) atoms. The number of rotatable bonds is 3. The van der Waals surface area contributed by atoms with Crippen LogP contribution in [0.1, 0.15) is 32.8 Å². The number of hydrogen-bond donors (Lipinski definition) is 1. The third-order valence-electron chi connectivity index (χ3n) is 3.53. The summed E-state index contributed by atoms with van der Waals surface area (Å²) in [5.74, 6) is -0.0377. The van der Waals surface area contributed by atoms with Crippen LogP contribution in [0.5, 0.6) is 0 Å². The lowest BCUT2D eigenvalue weighted by Crippen LogP contribution is -2.36. The van der Waals surface area contributed by atoms with Crippen LogP contribution in [-0.2, 0) is 10.2 Å². The van der Waals surface area contributed by atoms with Crippen molar-refractivity contribution in [1.29, 1.82) is 0 Å². The van der Waals surface area contributed by atoms with E-state index in [9.17, 15) is 14.9 Å². The summed E-state index contributed by atoms with van der Waals surface area (Å²) in [4.78, 5) is 24.4. The number of nitrogens with two attached hydrogens (primary N) is 1. The quantitative estimate of drug-likeness (QED) is 0.514. The zero-order valence-electron chi connectivity index (χ0n) is 11.3. The maximum atomic E-state index is 12.4. The van der Waals surface area contributed by atoms with Crippen molar-refractivity contribution in [3.63, 3.8) is 0 Å². The second-order valence-corrected chi connectivity index (χ2v) is 5.27. The molecule has 0 radical (unpaired) electrons. The number of amides is 1. The predicted octanol–water partition coefficient (Wildman–Crippen LogP) is 2.21. The van der Waals surface area contributed by atoms with E-state index in [4.69, 9.17) is 5.73 Å². The van der Waals surface area contributed by atoms with Gasteiger partial charge < -0.3 is 10.6 Å². The number of hydrogen-bond acceptors (Lipinski definition) is 4. The molecule has 0 spiro atoms. The van der Waals surface area contributed by atoms with Crippen LogP contribution in [0.3, 0.4) is 0 Å². The number of fused-ring (bicyclic) bond motifs is 1. The Bertz CT molecular complexity index is 566. The summed E-state index contributed by atoms with van der Waals surface area (Å²) in [6, 6.07) is 2.97. The van der Waals surface area contributed by atoms with Gasteiger partial charge in [-0.25, -0.2) is 0 Å². The first-order valence-electron chi connectivity index (χ1n) is 6.21. The average molecular weight is 263 g/mol. The van der Waals surface area contributed by atoms with Gasteiger partial charge in [0.25, 0.3) is 5.69 Å². The van der Waals surface area contributed by atoms with Crippen molar-refractivity contribution >= 4 is 23.0 Å². The Morgan fingerprint density at radius 1 is 1.42 bits per heavy atom. The fraction of sp³-hybridized carbons (Fsp3) is 0.462. The molecular formula is C13H17N3O3. The number of nitrogen functional groups attached to an aromatic ring is 1. The molecule has 0 fully saturated rings. The molecule has 1 aromatic rings. The van der Waals surface area contributed by atoms with Crippen LogP contribution in [0.15, 0.2) is 12.1 Å².